The number of halogens is 1. The molecular weight excluding hydrogens is 473 g/mol. The molecule has 2 aromatic heterocycles. The Morgan fingerprint density at radius 2 is 1.81 bits per heavy atom. The van der Waals surface area contributed by atoms with Gasteiger partial charge in [0, 0.05) is 40.3 Å². The lowest BCUT2D eigenvalue weighted by Crippen LogP contribution is -2.14. The normalized spacial score (nSPS) is 13.7. The van der Waals surface area contributed by atoms with Crippen LogP contribution in [0.15, 0.2) is 42.7 Å². The molecule has 37 heavy (non-hydrogen) atoms. The zero-order chi connectivity index (χ0) is 26.3. The second-order valence-corrected chi connectivity index (χ2v) is 9.41. The van der Waals surface area contributed by atoms with Crippen LogP contribution in [0.1, 0.15) is 69.4 Å². The van der Waals surface area contributed by atoms with Crippen molar-refractivity contribution >= 4 is 34.2 Å². The number of primary amides is 1. The number of carboxylic acids is 1. The van der Waals surface area contributed by atoms with Crippen molar-refractivity contribution in [3.8, 4) is 11.1 Å². The highest BCUT2D eigenvalue weighted by Gasteiger charge is 2.22. The lowest BCUT2D eigenvalue weighted by atomic mass is 9.95. The summed E-state index contributed by atoms with van der Waals surface area (Å²) in [6.07, 6.45) is 6.97. The molecule has 0 unspecified atom stereocenters. The van der Waals surface area contributed by atoms with E-state index in [0.717, 1.165) is 31.2 Å². The van der Waals surface area contributed by atoms with E-state index >= 15 is 4.39 Å². The summed E-state index contributed by atoms with van der Waals surface area (Å²) in [6, 6.07) is 8.33. The Hall–Kier alpha value is -4.40. The summed E-state index contributed by atoms with van der Waals surface area (Å²) in [5, 5.41) is 13.2. The minimum absolute atomic E-state index is 0.0374. The number of anilines is 2. The Morgan fingerprint density at radius 1 is 1.05 bits per heavy atom. The molecule has 0 saturated heterocycles. The van der Waals surface area contributed by atoms with Gasteiger partial charge in [-0.25, -0.2) is 19.2 Å². The topological polar surface area (TPSA) is 131 Å². The van der Waals surface area contributed by atoms with E-state index in [1.807, 2.05) is 6.07 Å². The van der Waals surface area contributed by atoms with Gasteiger partial charge in [-0.1, -0.05) is 18.9 Å². The Balaban J connectivity index is 1.66. The first-order chi connectivity index (χ1) is 17.7. The Labute approximate surface area is 212 Å². The smallest absolute Gasteiger partial charge is 0.335 e. The number of hydrogen-bond donors (Lipinski definition) is 3. The maximum absolute atomic E-state index is 15.8. The van der Waals surface area contributed by atoms with E-state index in [1.165, 1.54) is 12.3 Å². The third-order valence-corrected chi connectivity index (χ3v) is 6.93. The van der Waals surface area contributed by atoms with Crippen LogP contribution >= 0.6 is 0 Å². The van der Waals surface area contributed by atoms with E-state index in [-0.39, 0.29) is 33.8 Å². The van der Waals surface area contributed by atoms with Gasteiger partial charge in [0.1, 0.15) is 11.3 Å². The van der Waals surface area contributed by atoms with Crippen LogP contribution in [0.25, 0.3) is 22.0 Å². The summed E-state index contributed by atoms with van der Waals surface area (Å²) < 4.78 is 15.8. The number of carbonyl (C=O) groups excluding carboxylic acids is 1. The molecule has 2 heterocycles. The summed E-state index contributed by atoms with van der Waals surface area (Å²) in [4.78, 5) is 36.9. The van der Waals surface area contributed by atoms with Crippen molar-refractivity contribution < 1.29 is 19.1 Å². The Kier molecular flexibility index (Phi) is 6.29. The highest BCUT2D eigenvalue weighted by Crippen LogP contribution is 2.38. The van der Waals surface area contributed by atoms with Gasteiger partial charge in [0.25, 0.3) is 5.91 Å². The highest BCUT2D eigenvalue weighted by atomic mass is 19.1. The predicted octanol–water partition coefficient (Wildman–Crippen LogP) is 5.65. The number of benzene rings is 2. The number of carboxylic acid groups (broad SMARTS) is 1. The standard InChI is InChI=1S/C28H26FN5O3/c1-14-22(12-31-15(2)33-14)20-7-8-21-25(23(27(30)35)13-32-26(21)24(20)29)34-19-10-17(16-5-3-4-6-16)9-18(11-19)28(36)37/h7-13,16H,3-6H2,1-2H3,(H2,30,35)(H,32,34)(H,36,37). The van der Waals surface area contributed by atoms with Crippen LogP contribution < -0.4 is 11.1 Å². The fourth-order valence-corrected chi connectivity index (χ4v) is 5.09. The monoisotopic (exact) mass is 499 g/mol. The molecule has 1 amide bonds. The molecule has 0 aliphatic heterocycles. The van der Waals surface area contributed by atoms with Crippen LogP contribution in [0.2, 0.25) is 0 Å². The third-order valence-electron chi connectivity index (χ3n) is 6.93. The molecule has 1 fully saturated rings. The molecule has 1 saturated carbocycles. The van der Waals surface area contributed by atoms with Crippen molar-refractivity contribution in [1.29, 1.82) is 0 Å². The lowest BCUT2D eigenvalue weighted by Gasteiger charge is -2.17. The average molecular weight is 500 g/mol. The zero-order valence-electron chi connectivity index (χ0n) is 20.5. The molecular formula is C28H26FN5O3. The SMILES string of the molecule is Cc1ncc(-c2ccc3c(Nc4cc(C(=O)O)cc(C5CCCC5)c4)c(C(N)=O)cnc3c2F)c(C)n1. The molecule has 1 aliphatic carbocycles. The molecule has 0 spiro atoms. The molecule has 188 valence electrons. The largest absolute Gasteiger partial charge is 0.478 e. The fourth-order valence-electron chi connectivity index (χ4n) is 5.09. The van der Waals surface area contributed by atoms with Crippen LogP contribution in [0, 0.1) is 19.7 Å². The van der Waals surface area contributed by atoms with Crippen molar-refractivity contribution in [2.45, 2.75) is 45.4 Å². The van der Waals surface area contributed by atoms with Gasteiger partial charge in [-0.15, -0.1) is 0 Å². The lowest BCUT2D eigenvalue weighted by molar-refractivity contribution is 0.0696. The van der Waals surface area contributed by atoms with Crippen LogP contribution in [0.5, 0.6) is 0 Å². The van der Waals surface area contributed by atoms with Gasteiger partial charge in [0.05, 0.1) is 16.8 Å². The Morgan fingerprint density at radius 3 is 2.49 bits per heavy atom. The number of nitrogens with zero attached hydrogens (tertiary/aromatic N) is 3. The van der Waals surface area contributed by atoms with Crippen LogP contribution in [-0.4, -0.2) is 31.9 Å². The number of amides is 1. The predicted molar refractivity (Wildman–Crippen MR) is 139 cm³/mol. The molecule has 0 bridgehead atoms. The summed E-state index contributed by atoms with van der Waals surface area (Å²) >= 11 is 0. The molecule has 2 aromatic carbocycles. The number of nitrogens with one attached hydrogen (secondary N) is 1. The van der Waals surface area contributed by atoms with Gasteiger partial charge in [0.15, 0.2) is 5.82 Å². The van der Waals surface area contributed by atoms with Gasteiger partial charge in [-0.05, 0) is 62.4 Å². The van der Waals surface area contributed by atoms with Crippen molar-refractivity contribution in [2.24, 2.45) is 5.73 Å². The van der Waals surface area contributed by atoms with E-state index in [0.29, 0.717) is 28.2 Å². The number of nitrogens with two attached hydrogens (primary N) is 1. The summed E-state index contributed by atoms with van der Waals surface area (Å²) in [6.45, 7) is 3.54. The van der Waals surface area contributed by atoms with Crippen molar-refractivity contribution in [1.82, 2.24) is 15.0 Å². The molecule has 1 aliphatic rings. The summed E-state index contributed by atoms with van der Waals surface area (Å²) in [7, 11) is 0. The molecule has 9 heteroatoms. The zero-order valence-corrected chi connectivity index (χ0v) is 20.5. The van der Waals surface area contributed by atoms with Gasteiger partial charge in [-0.2, -0.15) is 0 Å². The minimum Gasteiger partial charge on any atom is -0.478 e. The first-order valence-electron chi connectivity index (χ1n) is 12.1. The molecule has 4 aromatic rings. The minimum atomic E-state index is -1.05. The van der Waals surface area contributed by atoms with E-state index in [2.05, 4.69) is 20.3 Å². The van der Waals surface area contributed by atoms with E-state index in [9.17, 15) is 14.7 Å². The number of aryl methyl sites for hydroxylation is 2. The first-order valence-corrected chi connectivity index (χ1v) is 12.1. The third kappa shape index (κ3) is 4.60. The van der Waals surface area contributed by atoms with Gasteiger partial charge >= 0.3 is 5.97 Å². The number of rotatable bonds is 6. The van der Waals surface area contributed by atoms with Crippen LogP contribution in [0.3, 0.4) is 0 Å². The molecule has 0 radical (unpaired) electrons. The van der Waals surface area contributed by atoms with Crippen molar-refractivity contribution in [2.75, 3.05) is 5.32 Å². The van der Waals surface area contributed by atoms with Gasteiger partial charge < -0.3 is 16.2 Å². The summed E-state index contributed by atoms with van der Waals surface area (Å²) in [5.74, 6) is -1.53. The quantitative estimate of drug-likeness (QED) is 0.313. The molecule has 4 N–H and O–H groups in total. The van der Waals surface area contributed by atoms with E-state index in [4.69, 9.17) is 5.73 Å². The fraction of sp³-hybridized carbons (Fsp3) is 0.250. The maximum atomic E-state index is 15.8. The molecule has 5 rings (SSSR count). The Bertz CT molecular complexity index is 1560. The number of pyridine rings is 1. The van der Waals surface area contributed by atoms with E-state index < -0.39 is 17.7 Å². The number of hydrogen-bond acceptors (Lipinski definition) is 6. The second-order valence-electron chi connectivity index (χ2n) is 9.41. The van der Waals surface area contributed by atoms with Crippen LogP contribution in [0.4, 0.5) is 15.8 Å². The van der Waals surface area contributed by atoms with Crippen molar-refractivity contribution in [3.05, 3.63) is 76.8 Å². The first kappa shape index (κ1) is 24.3. The summed E-state index contributed by atoms with van der Waals surface area (Å²) in [5.41, 5.74) is 8.98. The van der Waals surface area contributed by atoms with Crippen molar-refractivity contribution in [3.63, 3.8) is 0 Å². The maximum Gasteiger partial charge on any atom is 0.335 e. The number of carbonyl (C=O) groups is 2. The second kappa shape index (κ2) is 9.57. The molecule has 8 nitrogen and oxygen atoms in total. The number of aromatic carboxylic acids is 1. The van der Waals surface area contributed by atoms with Gasteiger partial charge in [0.2, 0.25) is 0 Å². The molecule has 0 atom stereocenters. The van der Waals surface area contributed by atoms with E-state index in [1.54, 1.807) is 38.2 Å². The number of fused-ring (bicyclic) bond motifs is 1. The highest BCUT2D eigenvalue weighted by molar-refractivity contribution is 6.08. The average Bonchev–Trinajstić information content (AvgIpc) is 3.40. The number of aromatic nitrogens is 3. The van der Waals surface area contributed by atoms with Gasteiger partial charge in [-0.3, -0.25) is 9.78 Å². The van der Waals surface area contributed by atoms with Crippen LogP contribution in [-0.2, 0) is 0 Å².